The summed E-state index contributed by atoms with van der Waals surface area (Å²) in [7, 11) is 0. The van der Waals surface area contributed by atoms with Crippen molar-refractivity contribution in [2.75, 3.05) is 6.54 Å². The molecule has 0 spiro atoms. The predicted octanol–water partition coefficient (Wildman–Crippen LogP) is 1.93. The molecule has 28 heavy (non-hydrogen) atoms. The molecule has 146 valence electrons. The van der Waals surface area contributed by atoms with Gasteiger partial charge in [0.05, 0.1) is 0 Å². The Bertz CT molecular complexity index is 885. The molecule has 0 unspecified atom stereocenters. The maximum Gasteiger partial charge on any atom is 0.325 e. The normalized spacial score (nSPS) is 18.7. The second-order valence-corrected chi connectivity index (χ2v) is 7.40. The van der Waals surface area contributed by atoms with Crippen LogP contribution in [0.15, 0.2) is 47.8 Å². The first-order valence-electron chi connectivity index (χ1n) is 8.70. The van der Waals surface area contributed by atoms with E-state index in [2.05, 4.69) is 16.0 Å². The zero-order valence-electron chi connectivity index (χ0n) is 15.2. The van der Waals surface area contributed by atoms with E-state index in [1.165, 1.54) is 11.3 Å². The molecule has 1 atom stereocenters. The van der Waals surface area contributed by atoms with E-state index in [0.29, 0.717) is 0 Å². The highest BCUT2D eigenvalue weighted by Crippen LogP contribution is 2.31. The van der Waals surface area contributed by atoms with Crippen LogP contribution in [0.1, 0.15) is 23.8 Å². The maximum atomic E-state index is 12.7. The lowest BCUT2D eigenvalue weighted by atomic mass is 10.0. The van der Waals surface area contributed by atoms with Crippen LogP contribution in [-0.2, 0) is 21.7 Å². The molecule has 1 aromatic heterocycles. The van der Waals surface area contributed by atoms with Crippen LogP contribution in [-0.4, -0.2) is 35.3 Å². The molecule has 0 bridgehead atoms. The van der Waals surface area contributed by atoms with E-state index in [1.807, 2.05) is 35.7 Å². The van der Waals surface area contributed by atoms with E-state index < -0.39 is 29.4 Å². The number of urea groups is 2. The lowest BCUT2D eigenvalue weighted by Gasteiger charge is -2.20. The van der Waals surface area contributed by atoms with Crippen LogP contribution in [0, 0.1) is 0 Å². The SMILES string of the molecule is C[C@@]1(c2cccs2)NC(=O)N(CCC(=O)NC(=O)NCc2ccccc2)C1=O. The summed E-state index contributed by atoms with van der Waals surface area (Å²) >= 11 is 1.37. The Morgan fingerprint density at radius 3 is 2.57 bits per heavy atom. The second-order valence-electron chi connectivity index (χ2n) is 6.46. The van der Waals surface area contributed by atoms with Crippen molar-refractivity contribution in [2.24, 2.45) is 0 Å². The van der Waals surface area contributed by atoms with Gasteiger partial charge in [-0.1, -0.05) is 36.4 Å². The van der Waals surface area contributed by atoms with Gasteiger partial charge in [0.2, 0.25) is 5.91 Å². The van der Waals surface area contributed by atoms with Gasteiger partial charge in [-0.05, 0) is 23.9 Å². The molecule has 1 aliphatic heterocycles. The van der Waals surface area contributed by atoms with Gasteiger partial charge in [0.25, 0.3) is 5.91 Å². The first-order chi connectivity index (χ1) is 13.4. The van der Waals surface area contributed by atoms with Crippen LogP contribution < -0.4 is 16.0 Å². The molecule has 2 heterocycles. The Hall–Kier alpha value is -3.20. The van der Waals surface area contributed by atoms with Crippen molar-refractivity contribution in [3.05, 3.63) is 58.3 Å². The van der Waals surface area contributed by atoms with Crippen LogP contribution in [0.25, 0.3) is 0 Å². The van der Waals surface area contributed by atoms with E-state index >= 15 is 0 Å². The molecule has 1 aliphatic rings. The lowest BCUT2D eigenvalue weighted by molar-refractivity contribution is -0.131. The molecule has 3 rings (SSSR count). The van der Waals surface area contributed by atoms with Crippen molar-refractivity contribution in [1.29, 1.82) is 0 Å². The first kappa shape index (κ1) is 19.6. The molecule has 6 amide bonds. The summed E-state index contributed by atoms with van der Waals surface area (Å²) in [6, 6.07) is 11.7. The molecule has 2 aromatic rings. The number of amides is 6. The number of hydrogen-bond donors (Lipinski definition) is 3. The highest BCUT2D eigenvalue weighted by Gasteiger charge is 2.49. The fraction of sp³-hybridized carbons (Fsp3) is 0.263. The molecule has 0 aliphatic carbocycles. The Labute approximate surface area is 165 Å². The van der Waals surface area contributed by atoms with Crippen molar-refractivity contribution >= 4 is 35.2 Å². The minimum atomic E-state index is -1.13. The molecule has 9 heteroatoms. The summed E-state index contributed by atoms with van der Waals surface area (Å²) in [5.74, 6) is -0.989. The quantitative estimate of drug-likeness (QED) is 0.644. The third kappa shape index (κ3) is 4.20. The van der Waals surface area contributed by atoms with Gasteiger partial charge >= 0.3 is 12.1 Å². The minimum absolute atomic E-state index is 0.108. The summed E-state index contributed by atoms with van der Waals surface area (Å²) in [6.07, 6.45) is -0.168. The van der Waals surface area contributed by atoms with E-state index in [-0.39, 0.29) is 19.5 Å². The number of nitrogens with one attached hydrogen (secondary N) is 3. The lowest BCUT2D eigenvalue weighted by Crippen LogP contribution is -2.42. The molecule has 3 N–H and O–H groups in total. The van der Waals surface area contributed by atoms with Gasteiger partial charge in [-0.15, -0.1) is 11.3 Å². The highest BCUT2D eigenvalue weighted by molar-refractivity contribution is 7.10. The van der Waals surface area contributed by atoms with Crippen molar-refractivity contribution in [3.63, 3.8) is 0 Å². The number of rotatable bonds is 6. The summed E-state index contributed by atoms with van der Waals surface area (Å²) in [5, 5.41) is 9.27. The van der Waals surface area contributed by atoms with Crippen LogP contribution in [0.4, 0.5) is 9.59 Å². The number of thiophene rings is 1. The Balaban J connectivity index is 1.48. The molecule has 8 nitrogen and oxygen atoms in total. The van der Waals surface area contributed by atoms with Crippen molar-refractivity contribution < 1.29 is 19.2 Å². The van der Waals surface area contributed by atoms with E-state index in [1.54, 1.807) is 19.1 Å². The van der Waals surface area contributed by atoms with Gasteiger partial charge in [0.15, 0.2) is 5.54 Å². The summed E-state index contributed by atoms with van der Waals surface area (Å²) in [5.41, 5.74) is -0.230. The molecule has 1 aromatic carbocycles. The molecule has 1 fully saturated rings. The Kier molecular flexibility index (Phi) is 5.74. The number of nitrogens with zero attached hydrogens (tertiary/aromatic N) is 1. The van der Waals surface area contributed by atoms with Crippen LogP contribution in [0.3, 0.4) is 0 Å². The van der Waals surface area contributed by atoms with E-state index in [4.69, 9.17) is 0 Å². The maximum absolute atomic E-state index is 12.7. The fourth-order valence-corrected chi connectivity index (χ4v) is 3.69. The standard InChI is InChI=1S/C19H20N4O4S/c1-19(14-8-5-11-28-14)16(25)23(18(27)22-19)10-9-15(24)21-17(26)20-12-13-6-3-2-4-7-13/h2-8,11H,9-10,12H2,1H3,(H,22,27)(H2,20,21,24,26)/t19-/m0/s1. The fourth-order valence-electron chi connectivity index (χ4n) is 2.85. The van der Waals surface area contributed by atoms with Gasteiger partial charge < -0.3 is 10.6 Å². The number of hydrogen-bond acceptors (Lipinski definition) is 5. The average molecular weight is 400 g/mol. The Morgan fingerprint density at radius 1 is 1.14 bits per heavy atom. The zero-order chi connectivity index (χ0) is 20.1. The first-order valence-corrected chi connectivity index (χ1v) is 9.58. The van der Waals surface area contributed by atoms with Crippen LogP contribution >= 0.6 is 11.3 Å². The third-order valence-electron chi connectivity index (χ3n) is 4.40. The number of carbonyl (C=O) groups is 4. The van der Waals surface area contributed by atoms with Gasteiger partial charge in [-0.3, -0.25) is 19.8 Å². The summed E-state index contributed by atoms with van der Waals surface area (Å²) in [6.45, 7) is 1.81. The molecule has 1 saturated heterocycles. The number of carbonyl (C=O) groups excluding carboxylic acids is 4. The largest absolute Gasteiger partial charge is 0.334 e. The molecular formula is C19H20N4O4S. The topological polar surface area (TPSA) is 108 Å². The molecule has 0 radical (unpaired) electrons. The number of imide groups is 2. The van der Waals surface area contributed by atoms with Crippen molar-refractivity contribution in [2.45, 2.75) is 25.4 Å². The third-order valence-corrected chi connectivity index (χ3v) is 5.49. The second kappa shape index (κ2) is 8.22. The average Bonchev–Trinajstić information content (AvgIpc) is 3.28. The predicted molar refractivity (Wildman–Crippen MR) is 103 cm³/mol. The van der Waals surface area contributed by atoms with Gasteiger partial charge in [0.1, 0.15) is 0 Å². The Morgan fingerprint density at radius 2 is 1.89 bits per heavy atom. The van der Waals surface area contributed by atoms with E-state index in [0.717, 1.165) is 15.3 Å². The molecular weight excluding hydrogens is 380 g/mol. The highest BCUT2D eigenvalue weighted by atomic mass is 32.1. The van der Waals surface area contributed by atoms with Crippen molar-refractivity contribution in [1.82, 2.24) is 20.9 Å². The van der Waals surface area contributed by atoms with E-state index in [9.17, 15) is 19.2 Å². The zero-order valence-corrected chi connectivity index (χ0v) is 16.0. The van der Waals surface area contributed by atoms with Gasteiger partial charge in [-0.2, -0.15) is 0 Å². The van der Waals surface area contributed by atoms with Crippen molar-refractivity contribution in [3.8, 4) is 0 Å². The number of benzene rings is 1. The molecule has 0 saturated carbocycles. The summed E-state index contributed by atoms with van der Waals surface area (Å²) < 4.78 is 0. The smallest absolute Gasteiger partial charge is 0.325 e. The van der Waals surface area contributed by atoms with Crippen LogP contribution in [0.5, 0.6) is 0 Å². The van der Waals surface area contributed by atoms with Crippen LogP contribution in [0.2, 0.25) is 0 Å². The van der Waals surface area contributed by atoms with Gasteiger partial charge in [0, 0.05) is 24.4 Å². The summed E-state index contributed by atoms with van der Waals surface area (Å²) in [4.78, 5) is 50.4. The minimum Gasteiger partial charge on any atom is -0.334 e. The monoisotopic (exact) mass is 400 g/mol. The van der Waals surface area contributed by atoms with Gasteiger partial charge in [-0.25, -0.2) is 9.59 Å².